The summed E-state index contributed by atoms with van der Waals surface area (Å²) in [6.07, 6.45) is 3.88. The third-order valence-electron chi connectivity index (χ3n) is 4.79. The predicted octanol–water partition coefficient (Wildman–Crippen LogP) is 3.38. The van der Waals surface area contributed by atoms with Crippen LogP contribution < -0.4 is 16.2 Å². The number of aryl methyl sites for hydroxylation is 2. The van der Waals surface area contributed by atoms with E-state index in [0.29, 0.717) is 21.6 Å². The summed E-state index contributed by atoms with van der Waals surface area (Å²) in [6, 6.07) is 6.50. The van der Waals surface area contributed by atoms with Gasteiger partial charge in [-0.3, -0.25) is 14.4 Å². The lowest BCUT2D eigenvalue weighted by molar-refractivity contribution is -0.114. The molecular formula is C20H19N3O4S. The Morgan fingerprint density at radius 3 is 2.39 bits per heavy atom. The van der Waals surface area contributed by atoms with Gasteiger partial charge in [-0.2, -0.15) is 0 Å². The molecule has 2 amide bonds. The number of aromatic nitrogens is 1. The standard InChI is InChI=1S/C20H19N3O4S/c1-10(24)21-11-6-8-12(9-7-11)22-18(26)16-17(25)15-13-4-2-3-5-14(13)28-20(15)23-19(16)27/h6-9H,2-5H2,1H3,(H,21,24)(H,22,26)(H2,23,25,27). The summed E-state index contributed by atoms with van der Waals surface area (Å²) in [6.45, 7) is 1.41. The Hall–Kier alpha value is -3.13. The van der Waals surface area contributed by atoms with Gasteiger partial charge in [0, 0.05) is 23.2 Å². The van der Waals surface area contributed by atoms with Gasteiger partial charge in [-0.05, 0) is 55.5 Å². The van der Waals surface area contributed by atoms with E-state index in [9.17, 15) is 19.5 Å². The summed E-state index contributed by atoms with van der Waals surface area (Å²) in [7, 11) is 0. The van der Waals surface area contributed by atoms with Crippen molar-refractivity contribution in [2.45, 2.75) is 32.6 Å². The number of carbonyl (C=O) groups is 2. The van der Waals surface area contributed by atoms with Gasteiger partial charge in [0.2, 0.25) is 5.91 Å². The molecule has 7 nitrogen and oxygen atoms in total. The first-order valence-electron chi connectivity index (χ1n) is 9.02. The van der Waals surface area contributed by atoms with Gasteiger partial charge in [0.05, 0.1) is 5.39 Å². The molecule has 8 heteroatoms. The van der Waals surface area contributed by atoms with E-state index < -0.39 is 11.5 Å². The number of hydrogen-bond donors (Lipinski definition) is 4. The predicted molar refractivity (Wildman–Crippen MR) is 109 cm³/mol. The highest BCUT2D eigenvalue weighted by Gasteiger charge is 2.25. The van der Waals surface area contributed by atoms with Gasteiger partial charge in [-0.1, -0.05) is 0 Å². The van der Waals surface area contributed by atoms with Crippen LogP contribution in [0.3, 0.4) is 0 Å². The maximum absolute atomic E-state index is 12.7. The molecule has 28 heavy (non-hydrogen) atoms. The number of hydrogen-bond acceptors (Lipinski definition) is 5. The van der Waals surface area contributed by atoms with Gasteiger partial charge in [0.25, 0.3) is 11.5 Å². The molecule has 0 radical (unpaired) electrons. The van der Waals surface area contributed by atoms with Crippen LogP contribution in [0.1, 0.15) is 40.6 Å². The molecule has 0 aliphatic heterocycles. The molecular weight excluding hydrogens is 378 g/mol. The summed E-state index contributed by atoms with van der Waals surface area (Å²) < 4.78 is 0. The Morgan fingerprint density at radius 1 is 1.07 bits per heavy atom. The fourth-order valence-electron chi connectivity index (χ4n) is 3.55. The highest BCUT2D eigenvalue weighted by molar-refractivity contribution is 7.18. The van der Waals surface area contributed by atoms with Crippen molar-refractivity contribution in [2.24, 2.45) is 0 Å². The number of nitrogens with one attached hydrogen (secondary N) is 3. The van der Waals surface area contributed by atoms with E-state index >= 15 is 0 Å². The molecule has 144 valence electrons. The second-order valence-corrected chi connectivity index (χ2v) is 7.91. The number of amides is 2. The first kappa shape index (κ1) is 18.2. The van der Waals surface area contributed by atoms with E-state index in [-0.39, 0.29) is 17.2 Å². The minimum Gasteiger partial charge on any atom is -0.506 e. The Morgan fingerprint density at radius 2 is 1.71 bits per heavy atom. The van der Waals surface area contributed by atoms with Crippen LogP contribution in [-0.4, -0.2) is 21.9 Å². The van der Waals surface area contributed by atoms with Crippen LogP contribution in [0.2, 0.25) is 0 Å². The average Bonchev–Trinajstić information content (AvgIpc) is 3.01. The third-order valence-corrected chi connectivity index (χ3v) is 6.00. The van der Waals surface area contributed by atoms with Crippen LogP contribution in [0.5, 0.6) is 5.75 Å². The topological polar surface area (TPSA) is 111 Å². The van der Waals surface area contributed by atoms with E-state index in [1.165, 1.54) is 23.1 Å². The number of fused-ring (bicyclic) bond motifs is 3. The second-order valence-electron chi connectivity index (χ2n) is 6.81. The van der Waals surface area contributed by atoms with Crippen LogP contribution in [0, 0.1) is 0 Å². The lowest BCUT2D eigenvalue weighted by Gasteiger charge is -2.12. The number of aromatic amines is 1. The molecule has 0 spiro atoms. The number of anilines is 2. The largest absolute Gasteiger partial charge is 0.506 e. The molecule has 3 aromatic rings. The molecule has 0 bridgehead atoms. The number of carbonyl (C=O) groups excluding carboxylic acids is 2. The third kappa shape index (κ3) is 3.27. The number of aromatic hydroxyl groups is 1. The lowest BCUT2D eigenvalue weighted by atomic mass is 9.96. The monoisotopic (exact) mass is 397 g/mol. The molecule has 2 aromatic heterocycles. The molecule has 1 aromatic carbocycles. The highest BCUT2D eigenvalue weighted by Crippen LogP contribution is 2.40. The smallest absolute Gasteiger partial charge is 0.265 e. The molecule has 4 rings (SSSR count). The molecule has 4 N–H and O–H groups in total. The molecule has 1 aliphatic rings. The van der Waals surface area contributed by atoms with E-state index in [2.05, 4.69) is 15.6 Å². The van der Waals surface area contributed by atoms with E-state index in [4.69, 9.17) is 0 Å². The zero-order valence-corrected chi connectivity index (χ0v) is 16.0. The Balaban J connectivity index is 1.67. The van der Waals surface area contributed by atoms with Crippen molar-refractivity contribution in [1.82, 2.24) is 4.98 Å². The van der Waals surface area contributed by atoms with E-state index in [0.717, 1.165) is 31.2 Å². The number of rotatable bonds is 3. The molecule has 2 heterocycles. The van der Waals surface area contributed by atoms with Crippen molar-refractivity contribution in [3.63, 3.8) is 0 Å². The van der Waals surface area contributed by atoms with E-state index in [1.807, 2.05) is 0 Å². The van der Waals surface area contributed by atoms with Crippen molar-refractivity contribution >= 4 is 44.7 Å². The minimum absolute atomic E-state index is 0.194. The van der Waals surface area contributed by atoms with Crippen LogP contribution in [0.25, 0.3) is 10.2 Å². The van der Waals surface area contributed by atoms with Crippen LogP contribution in [-0.2, 0) is 17.6 Å². The zero-order chi connectivity index (χ0) is 19.8. The van der Waals surface area contributed by atoms with Gasteiger partial charge in [0.1, 0.15) is 16.1 Å². The summed E-state index contributed by atoms with van der Waals surface area (Å²) >= 11 is 1.48. The maximum Gasteiger partial charge on any atom is 0.265 e. The highest BCUT2D eigenvalue weighted by atomic mass is 32.1. The Labute approximate surface area is 164 Å². The van der Waals surface area contributed by atoms with Crippen LogP contribution in [0.4, 0.5) is 11.4 Å². The van der Waals surface area contributed by atoms with Gasteiger partial charge >= 0.3 is 0 Å². The summed E-state index contributed by atoms with van der Waals surface area (Å²) in [4.78, 5) is 40.8. The van der Waals surface area contributed by atoms with E-state index in [1.54, 1.807) is 24.3 Å². The van der Waals surface area contributed by atoms with Crippen molar-refractivity contribution in [3.8, 4) is 5.75 Å². The Kier molecular flexibility index (Phi) is 4.64. The number of H-pyrrole nitrogens is 1. The second kappa shape index (κ2) is 7.12. The van der Waals surface area contributed by atoms with Crippen LogP contribution >= 0.6 is 11.3 Å². The van der Waals surface area contributed by atoms with Crippen molar-refractivity contribution < 1.29 is 14.7 Å². The number of pyridine rings is 1. The quantitative estimate of drug-likeness (QED) is 0.543. The van der Waals surface area contributed by atoms with Gasteiger partial charge < -0.3 is 20.7 Å². The Bertz CT molecular complexity index is 1140. The number of thiophene rings is 1. The average molecular weight is 397 g/mol. The van der Waals surface area contributed by atoms with Gasteiger partial charge in [-0.25, -0.2) is 0 Å². The lowest BCUT2D eigenvalue weighted by Crippen LogP contribution is -2.23. The molecule has 0 saturated carbocycles. The maximum atomic E-state index is 12.7. The van der Waals surface area contributed by atoms with Gasteiger partial charge in [-0.15, -0.1) is 11.3 Å². The molecule has 0 unspecified atom stereocenters. The SMILES string of the molecule is CC(=O)Nc1ccc(NC(=O)c2c(O)c3c4c(sc3[nH]c2=O)CCCC4)cc1. The fourth-order valence-corrected chi connectivity index (χ4v) is 4.83. The first-order valence-corrected chi connectivity index (χ1v) is 9.84. The molecule has 1 aliphatic carbocycles. The minimum atomic E-state index is -0.677. The first-order chi connectivity index (χ1) is 13.4. The zero-order valence-electron chi connectivity index (χ0n) is 15.2. The number of benzene rings is 1. The van der Waals surface area contributed by atoms with Crippen LogP contribution in [0.15, 0.2) is 29.1 Å². The van der Waals surface area contributed by atoms with Crippen molar-refractivity contribution in [1.29, 1.82) is 0 Å². The normalized spacial score (nSPS) is 13.2. The summed E-state index contributed by atoms with van der Waals surface area (Å²) in [5.41, 5.74) is 1.18. The summed E-state index contributed by atoms with van der Waals surface area (Å²) in [5.74, 6) is -1.13. The van der Waals surface area contributed by atoms with Gasteiger partial charge in [0.15, 0.2) is 0 Å². The molecule has 0 saturated heterocycles. The molecule has 0 fully saturated rings. The van der Waals surface area contributed by atoms with Crippen molar-refractivity contribution in [3.05, 3.63) is 50.6 Å². The molecule has 0 atom stereocenters. The fraction of sp³-hybridized carbons (Fsp3) is 0.250. The van der Waals surface area contributed by atoms with Crippen molar-refractivity contribution in [2.75, 3.05) is 10.6 Å². The summed E-state index contributed by atoms with van der Waals surface area (Å²) in [5, 5.41) is 16.6.